The van der Waals surface area contributed by atoms with Gasteiger partial charge in [-0.25, -0.2) is 13.8 Å². The molecule has 0 unspecified atom stereocenters. The minimum absolute atomic E-state index is 0.273. The molecule has 0 spiro atoms. The monoisotopic (exact) mass is 184 g/mol. The van der Waals surface area contributed by atoms with Crippen molar-refractivity contribution in [1.29, 1.82) is 5.26 Å². The second-order valence-electron chi connectivity index (χ2n) is 2.35. The highest BCUT2D eigenvalue weighted by molar-refractivity contribution is 5.34. The quantitative estimate of drug-likeness (QED) is 0.755. The molecular weight excluding hydrogens is 178 g/mol. The Bertz CT molecular complexity index is 346. The largest absolute Gasteiger partial charge is 0.392 e. The Morgan fingerprint density at radius 1 is 1.62 bits per heavy atom. The molecule has 0 aliphatic rings. The predicted octanol–water partition coefficient (Wildman–Crippen LogP) is 1.38. The molecule has 0 aromatic carbocycles. The van der Waals surface area contributed by atoms with Crippen LogP contribution in [0.5, 0.6) is 0 Å². The lowest BCUT2D eigenvalue weighted by atomic mass is 10.1. The normalized spacial score (nSPS) is 10.1. The summed E-state index contributed by atoms with van der Waals surface area (Å²) in [4.78, 5) is 3.49. The van der Waals surface area contributed by atoms with Crippen LogP contribution >= 0.6 is 0 Å². The average Bonchev–Trinajstić information content (AvgIpc) is 2.16. The van der Waals surface area contributed by atoms with E-state index in [2.05, 4.69) is 4.98 Å². The molecule has 1 heterocycles. The van der Waals surface area contributed by atoms with Gasteiger partial charge in [-0.1, -0.05) is 0 Å². The summed E-state index contributed by atoms with van der Waals surface area (Å²) in [5.41, 5.74) is -0.462. The summed E-state index contributed by atoms with van der Waals surface area (Å²) in [6, 6.07) is 2.64. The standard InChI is InChI=1S/C8H6F2N2O/c9-8(10)6-1-5(4-13)3-12-7(6)2-11/h1,3,8,13H,4H2. The molecular formula is C8H6F2N2O. The highest BCUT2D eigenvalue weighted by Crippen LogP contribution is 2.21. The second kappa shape index (κ2) is 3.92. The van der Waals surface area contributed by atoms with E-state index in [9.17, 15) is 8.78 Å². The van der Waals surface area contributed by atoms with Crippen LogP contribution < -0.4 is 0 Å². The van der Waals surface area contributed by atoms with Crippen LogP contribution in [0.4, 0.5) is 8.78 Å². The first-order chi connectivity index (χ1) is 6.19. The van der Waals surface area contributed by atoms with Gasteiger partial charge in [0.05, 0.1) is 12.2 Å². The predicted molar refractivity (Wildman–Crippen MR) is 39.8 cm³/mol. The number of aromatic nitrogens is 1. The van der Waals surface area contributed by atoms with Gasteiger partial charge in [-0.15, -0.1) is 0 Å². The topological polar surface area (TPSA) is 56.9 Å². The maximum atomic E-state index is 12.3. The molecule has 0 aliphatic carbocycles. The van der Waals surface area contributed by atoms with E-state index in [1.165, 1.54) is 6.20 Å². The number of alkyl halides is 2. The molecule has 1 aromatic rings. The number of hydrogen-bond donors (Lipinski definition) is 1. The summed E-state index contributed by atoms with van der Waals surface area (Å²) in [5, 5.41) is 17.1. The van der Waals surface area contributed by atoms with E-state index in [0.29, 0.717) is 0 Å². The molecule has 0 amide bonds. The van der Waals surface area contributed by atoms with E-state index < -0.39 is 12.0 Å². The van der Waals surface area contributed by atoms with E-state index in [0.717, 1.165) is 6.07 Å². The van der Waals surface area contributed by atoms with Crippen molar-refractivity contribution in [2.75, 3.05) is 0 Å². The Labute approximate surface area is 73.3 Å². The van der Waals surface area contributed by atoms with Crippen molar-refractivity contribution in [3.05, 3.63) is 29.1 Å². The number of nitrogens with zero attached hydrogens (tertiary/aromatic N) is 2. The van der Waals surface area contributed by atoms with Crippen LogP contribution in [0, 0.1) is 11.3 Å². The Balaban J connectivity index is 3.20. The Morgan fingerprint density at radius 2 is 2.31 bits per heavy atom. The molecule has 1 rings (SSSR count). The lowest BCUT2D eigenvalue weighted by molar-refractivity contribution is 0.150. The van der Waals surface area contributed by atoms with Crippen molar-refractivity contribution < 1.29 is 13.9 Å². The Morgan fingerprint density at radius 3 is 2.77 bits per heavy atom. The van der Waals surface area contributed by atoms with Crippen LogP contribution in [0.2, 0.25) is 0 Å². The van der Waals surface area contributed by atoms with E-state index >= 15 is 0 Å². The molecule has 13 heavy (non-hydrogen) atoms. The maximum Gasteiger partial charge on any atom is 0.266 e. The number of rotatable bonds is 2. The van der Waals surface area contributed by atoms with Gasteiger partial charge in [0.25, 0.3) is 6.43 Å². The minimum atomic E-state index is -2.74. The zero-order valence-corrected chi connectivity index (χ0v) is 6.54. The Kier molecular flexibility index (Phi) is 2.88. The van der Waals surface area contributed by atoms with E-state index in [1.54, 1.807) is 6.07 Å². The first kappa shape index (κ1) is 9.55. The molecule has 68 valence electrons. The first-order valence-electron chi connectivity index (χ1n) is 3.47. The van der Waals surface area contributed by atoms with Gasteiger partial charge in [0.1, 0.15) is 11.8 Å². The van der Waals surface area contributed by atoms with Crippen LogP contribution in [0.15, 0.2) is 12.3 Å². The van der Waals surface area contributed by atoms with Crippen molar-refractivity contribution in [2.45, 2.75) is 13.0 Å². The van der Waals surface area contributed by atoms with Gasteiger partial charge in [0.2, 0.25) is 0 Å². The van der Waals surface area contributed by atoms with Crippen molar-refractivity contribution in [1.82, 2.24) is 4.98 Å². The average molecular weight is 184 g/mol. The van der Waals surface area contributed by atoms with E-state index in [-0.39, 0.29) is 17.9 Å². The van der Waals surface area contributed by atoms with Crippen LogP contribution in [0.1, 0.15) is 23.2 Å². The van der Waals surface area contributed by atoms with Crippen molar-refractivity contribution >= 4 is 0 Å². The zero-order chi connectivity index (χ0) is 9.84. The third-order valence-corrected chi connectivity index (χ3v) is 1.50. The number of aliphatic hydroxyl groups is 1. The fourth-order valence-electron chi connectivity index (χ4n) is 0.874. The fraction of sp³-hybridized carbons (Fsp3) is 0.250. The second-order valence-corrected chi connectivity index (χ2v) is 2.35. The number of aliphatic hydroxyl groups excluding tert-OH is 1. The van der Waals surface area contributed by atoms with Crippen molar-refractivity contribution in [3.8, 4) is 6.07 Å². The summed E-state index contributed by atoms with van der Waals surface area (Å²) >= 11 is 0. The third-order valence-electron chi connectivity index (χ3n) is 1.50. The molecule has 5 heteroatoms. The number of nitriles is 1. The summed E-state index contributed by atoms with van der Waals surface area (Å²) in [5.74, 6) is 0. The van der Waals surface area contributed by atoms with Gasteiger partial charge in [0, 0.05) is 6.20 Å². The summed E-state index contributed by atoms with van der Waals surface area (Å²) < 4.78 is 24.5. The van der Waals surface area contributed by atoms with Crippen LogP contribution in [0.25, 0.3) is 0 Å². The smallest absolute Gasteiger partial charge is 0.266 e. The number of hydrogen-bond acceptors (Lipinski definition) is 3. The molecule has 3 nitrogen and oxygen atoms in total. The first-order valence-corrected chi connectivity index (χ1v) is 3.47. The SMILES string of the molecule is N#Cc1ncc(CO)cc1C(F)F. The third kappa shape index (κ3) is 1.98. The van der Waals surface area contributed by atoms with Crippen LogP contribution in [0.3, 0.4) is 0 Å². The lowest BCUT2D eigenvalue weighted by Crippen LogP contribution is -1.97. The maximum absolute atomic E-state index is 12.3. The molecule has 0 atom stereocenters. The van der Waals surface area contributed by atoms with Gasteiger partial charge < -0.3 is 5.11 Å². The highest BCUT2D eigenvalue weighted by atomic mass is 19.3. The minimum Gasteiger partial charge on any atom is -0.392 e. The fourth-order valence-corrected chi connectivity index (χ4v) is 0.874. The molecule has 0 fully saturated rings. The summed E-state index contributed by atoms with van der Waals surface area (Å²) in [6.45, 7) is -0.363. The zero-order valence-electron chi connectivity index (χ0n) is 6.54. The highest BCUT2D eigenvalue weighted by Gasteiger charge is 2.14. The van der Waals surface area contributed by atoms with Gasteiger partial charge >= 0.3 is 0 Å². The molecule has 1 N–H and O–H groups in total. The lowest BCUT2D eigenvalue weighted by Gasteiger charge is -2.03. The summed E-state index contributed by atoms with van der Waals surface area (Å²) in [6.07, 6.45) is -1.54. The van der Waals surface area contributed by atoms with Gasteiger partial charge in [-0.05, 0) is 11.6 Å². The number of pyridine rings is 1. The molecule has 0 saturated carbocycles. The van der Waals surface area contributed by atoms with Crippen LogP contribution in [-0.2, 0) is 6.61 Å². The van der Waals surface area contributed by atoms with Crippen LogP contribution in [-0.4, -0.2) is 10.1 Å². The van der Waals surface area contributed by atoms with E-state index in [1.807, 2.05) is 0 Å². The van der Waals surface area contributed by atoms with E-state index in [4.69, 9.17) is 10.4 Å². The molecule has 0 bridgehead atoms. The molecule has 0 aliphatic heterocycles. The molecule has 1 aromatic heterocycles. The molecule has 0 radical (unpaired) electrons. The van der Waals surface area contributed by atoms with Crippen molar-refractivity contribution in [2.24, 2.45) is 0 Å². The van der Waals surface area contributed by atoms with Gasteiger partial charge in [0.15, 0.2) is 0 Å². The van der Waals surface area contributed by atoms with Gasteiger partial charge in [-0.3, -0.25) is 0 Å². The molecule has 0 saturated heterocycles. The number of halogens is 2. The van der Waals surface area contributed by atoms with Gasteiger partial charge in [-0.2, -0.15) is 5.26 Å². The summed E-state index contributed by atoms with van der Waals surface area (Å²) in [7, 11) is 0. The Hall–Kier alpha value is -1.54. The van der Waals surface area contributed by atoms with Crippen molar-refractivity contribution in [3.63, 3.8) is 0 Å².